The molecule has 1 fully saturated rings. The zero-order valence-corrected chi connectivity index (χ0v) is 13.9. The van der Waals surface area contributed by atoms with Crippen LogP contribution in [0.5, 0.6) is 0 Å². The predicted octanol–water partition coefficient (Wildman–Crippen LogP) is 0.502. The van der Waals surface area contributed by atoms with Crippen molar-refractivity contribution >= 4 is 29.7 Å². The van der Waals surface area contributed by atoms with Crippen molar-refractivity contribution in [3.05, 3.63) is 41.7 Å². The molecule has 1 aliphatic heterocycles. The van der Waals surface area contributed by atoms with E-state index in [1.54, 1.807) is 25.1 Å². The Bertz CT molecular complexity index is 861. The van der Waals surface area contributed by atoms with E-state index >= 15 is 0 Å². The molecule has 2 heterocycles. The molecule has 0 spiro atoms. The molecule has 0 saturated carbocycles. The molecule has 3 rings (SSSR count). The van der Waals surface area contributed by atoms with Crippen LogP contribution in [0.15, 0.2) is 30.3 Å². The number of imide groups is 1. The van der Waals surface area contributed by atoms with Gasteiger partial charge in [0.25, 0.3) is 5.91 Å². The lowest BCUT2D eigenvalue weighted by molar-refractivity contribution is -0.146. The van der Waals surface area contributed by atoms with Gasteiger partial charge in [-0.15, -0.1) is 5.10 Å². The van der Waals surface area contributed by atoms with Gasteiger partial charge in [0.15, 0.2) is 18.1 Å². The van der Waals surface area contributed by atoms with Crippen molar-refractivity contribution in [2.24, 2.45) is 0 Å². The Labute approximate surface area is 148 Å². The zero-order chi connectivity index (χ0) is 18.5. The third-order valence-electron chi connectivity index (χ3n) is 3.55. The highest BCUT2D eigenvalue weighted by molar-refractivity contribution is 6.15. The van der Waals surface area contributed by atoms with Crippen LogP contribution in [-0.2, 0) is 19.1 Å². The minimum Gasteiger partial charge on any atom is -0.451 e. The van der Waals surface area contributed by atoms with Gasteiger partial charge in [-0.1, -0.05) is 30.3 Å². The van der Waals surface area contributed by atoms with Gasteiger partial charge < -0.3 is 9.47 Å². The van der Waals surface area contributed by atoms with E-state index in [1.807, 2.05) is 18.2 Å². The number of aryl methyl sites for hydroxylation is 1. The van der Waals surface area contributed by atoms with Crippen molar-refractivity contribution in [2.75, 3.05) is 19.8 Å². The minimum atomic E-state index is -0.801. The molecule has 1 saturated heterocycles. The second-order valence-corrected chi connectivity index (χ2v) is 5.31. The molecule has 2 amide bonds. The third kappa shape index (κ3) is 3.74. The Morgan fingerprint density at radius 2 is 2.08 bits per heavy atom. The van der Waals surface area contributed by atoms with Crippen LogP contribution in [0.1, 0.15) is 11.4 Å². The summed E-state index contributed by atoms with van der Waals surface area (Å²) in [5.41, 5.74) is 0.763. The number of hydrogen-bond donors (Lipinski definition) is 0. The zero-order valence-electron chi connectivity index (χ0n) is 13.9. The lowest BCUT2D eigenvalue weighted by atomic mass is 10.2. The molecule has 134 valence electrons. The molecule has 1 aromatic carbocycles. The maximum Gasteiger partial charge on any atom is 0.416 e. The van der Waals surface area contributed by atoms with E-state index in [2.05, 4.69) is 20.3 Å². The minimum absolute atomic E-state index is 0.0375. The van der Waals surface area contributed by atoms with Gasteiger partial charge in [0.2, 0.25) is 0 Å². The van der Waals surface area contributed by atoms with Crippen LogP contribution >= 0.6 is 0 Å². The number of tetrazole rings is 1. The quantitative estimate of drug-likeness (QED) is 0.561. The normalized spacial score (nSPS) is 14.3. The summed E-state index contributed by atoms with van der Waals surface area (Å²) in [6, 6.07) is 9.04. The first-order valence-electron chi connectivity index (χ1n) is 7.72. The average molecular weight is 357 g/mol. The number of nitrogens with zero attached hydrogens (tertiary/aromatic N) is 5. The van der Waals surface area contributed by atoms with Gasteiger partial charge in [0.1, 0.15) is 6.61 Å². The first kappa shape index (κ1) is 17.3. The second-order valence-electron chi connectivity index (χ2n) is 5.31. The van der Waals surface area contributed by atoms with Crippen molar-refractivity contribution in [3.8, 4) is 0 Å². The summed E-state index contributed by atoms with van der Waals surface area (Å²) < 4.78 is 10.9. The van der Waals surface area contributed by atoms with Gasteiger partial charge in [-0.05, 0) is 29.0 Å². The number of aromatic nitrogens is 4. The second kappa shape index (κ2) is 7.55. The Balaban J connectivity index is 1.77. The van der Waals surface area contributed by atoms with Crippen molar-refractivity contribution in [3.63, 3.8) is 0 Å². The molecule has 1 aliphatic rings. The highest BCUT2D eigenvalue weighted by Crippen LogP contribution is 2.14. The number of hydrogen-bond acceptors (Lipinski definition) is 8. The first-order chi connectivity index (χ1) is 12.6. The topological polar surface area (TPSA) is 117 Å². The number of carbonyl (C=O) groups excluding carboxylic acids is 3. The molecule has 2 aromatic rings. The molecule has 0 radical (unpaired) electrons. The van der Waals surface area contributed by atoms with Crippen LogP contribution in [0.25, 0.3) is 11.8 Å². The first-order valence-corrected chi connectivity index (χ1v) is 7.72. The van der Waals surface area contributed by atoms with E-state index in [9.17, 15) is 14.4 Å². The number of ether oxygens (including phenoxy) is 2. The van der Waals surface area contributed by atoms with E-state index in [4.69, 9.17) is 4.74 Å². The smallest absolute Gasteiger partial charge is 0.416 e. The lowest BCUT2D eigenvalue weighted by Crippen LogP contribution is -2.35. The SMILES string of the molecule is Cc1nnnn1/C(=C\c1ccccc1)C(=O)OCC(=O)N1CCOC1=O. The Kier molecular flexibility index (Phi) is 5.02. The van der Waals surface area contributed by atoms with Crippen molar-refractivity contribution in [1.82, 2.24) is 25.1 Å². The highest BCUT2D eigenvalue weighted by atomic mass is 16.6. The van der Waals surface area contributed by atoms with Gasteiger partial charge in [-0.3, -0.25) is 4.79 Å². The van der Waals surface area contributed by atoms with Crippen LogP contribution in [0.3, 0.4) is 0 Å². The Morgan fingerprint density at radius 1 is 1.31 bits per heavy atom. The summed E-state index contributed by atoms with van der Waals surface area (Å²) in [6.07, 6.45) is 0.794. The molecule has 0 bridgehead atoms. The van der Waals surface area contributed by atoms with E-state index in [-0.39, 0.29) is 18.8 Å². The summed E-state index contributed by atoms with van der Waals surface area (Å²) >= 11 is 0. The average Bonchev–Trinajstić information content (AvgIpc) is 3.26. The van der Waals surface area contributed by atoms with Crippen molar-refractivity contribution in [1.29, 1.82) is 0 Å². The molecule has 0 unspecified atom stereocenters. The van der Waals surface area contributed by atoms with Gasteiger partial charge in [0, 0.05) is 0 Å². The summed E-state index contributed by atoms with van der Waals surface area (Å²) in [5, 5.41) is 11.0. The van der Waals surface area contributed by atoms with Crippen LogP contribution in [0.2, 0.25) is 0 Å². The molecule has 0 atom stereocenters. The van der Waals surface area contributed by atoms with Gasteiger partial charge in [-0.2, -0.15) is 4.68 Å². The predicted molar refractivity (Wildman–Crippen MR) is 87.2 cm³/mol. The summed E-state index contributed by atoms with van der Waals surface area (Å²) in [5.74, 6) is -1.09. The molecule has 0 N–H and O–H groups in total. The fraction of sp³-hybridized carbons (Fsp3) is 0.250. The molecule has 10 heteroatoms. The molecular formula is C16H15N5O5. The maximum absolute atomic E-state index is 12.5. The summed E-state index contributed by atoms with van der Waals surface area (Å²) in [4.78, 5) is 36.7. The monoisotopic (exact) mass is 357 g/mol. The largest absolute Gasteiger partial charge is 0.451 e. The Morgan fingerprint density at radius 3 is 2.69 bits per heavy atom. The van der Waals surface area contributed by atoms with E-state index in [0.717, 1.165) is 10.5 Å². The lowest BCUT2D eigenvalue weighted by Gasteiger charge is -2.12. The maximum atomic E-state index is 12.5. The molecule has 0 aliphatic carbocycles. The molecule has 10 nitrogen and oxygen atoms in total. The standard InChI is InChI=1S/C16H15N5O5/c1-11-17-18-19-21(11)13(9-12-5-3-2-4-6-12)15(23)26-10-14(22)20-7-8-25-16(20)24/h2-6,9H,7-8,10H2,1H3/b13-9-. The Hall–Kier alpha value is -3.56. The van der Waals surface area contributed by atoms with Crippen LogP contribution < -0.4 is 0 Å². The fourth-order valence-corrected chi connectivity index (χ4v) is 2.27. The number of rotatable bonds is 5. The van der Waals surface area contributed by atoms with Gasteiger partial charge in [0.05, 0.1) is 6.54 Å². The van der Waals surface area contributed by atoms with Crippen molar-refractivity contribution in [2.45, 2.75) is 6.92 Å². The molecular weight excluding hydrogens is 342 g/mol. The van der Waals surface area contributed by atoms with Crippen LogP contribution in [0, 0.1) is 6.92 Å². The highest BCUT2D eigenvalue weighted by Gasteiger charge is 2.29. The summed E-state index contributed by atoms with van der Waals surface area (Å²) in [6.45, 7) is 1.29. The summed E-state index contributed by atoms with van der Waals surface area (Å²) in [7, 11) is 0. The fourth-order valence-electron chi connectivity index (χ4n) is 2.27. The number of esters is 1. The molecule has 26 heavy (non-hydrogen) atoms. The van der Waals surface area contributed by atoms with Crippen LogP contribution in [0.4, 0.5) is 4.79 Å². The third-order valence-corrected chi connectivity index (χ3v) is 3.55. The van der Waals surface area contributed by atoms with Crippen molar-refractivity contribution < 1.29 is 23.9 Å². The number of carbonyl (C=O) groups is 3. The molecule has 1 aromatic heterocycles. The van der Waals surface area contributed by atoms with E-state index in [1.165, 1.54) is 4.68 Å². The number of benzene rings is 1. The number of cyclic esters (lactones) is 1. The van der Waals surface area contributed by atoms with Gasteiger partial charge >= 0.3 is 12.1 Å². The van der Waals surface area contributed by atoms with Crippen LogP contribution in [-0.4, -0.2) is 62.8 Å². The van der Waals surface area contributed by atoms with E-state index in [0.29, 0.717) is 5.82 Å². The van der Waals surface area contributed by atoms with Gasteiger partial charge in [-0.25, -0.2) is 14.5 Å². The number of amides is 2. The van der Waals surface area contributed by atoms with E-state index < -0.39 is 24.6 Å².